The summed E-state index contributed by atoms with van der Waals surface area (Å²) in [5.41, 5.74) is 7.91. The molecule has 17 heteroatoms. The van der Waals surface area contributed by atoms with Gasteiger partial charge in [0.1, 0.15) is 24.2 Å². The van der Waals surface area contributed by atoms with Gasteiger partial charge in [0.05, 0.1) is 19.2 Å². The highest BCUT2D eigenvalue weighted by Gasteiger charge is 2.47. The summed E-state index contributed by atoms with van der Waals surface area (Å²) in [6.45, 7) is 8.82. The number of amides is 4. The van der Waals surface area contributed by atoms with Gasteiger partial charge in [0.2, 0.25) is 11.8 Å². The van der Waals surface area contributed by atoms with Crippen LogP contribution in [0.2, 0.25) is 0 Å². The Bertz CT molecular complexity index is 3190. The van der Waals surface area contributed by atoms with E-state index in [1.807, 2.05) is 61.2 Å². The van der Waals surface area contributed by atoms with Gasteiger partial charge in [-0.1, -0.05) is 57.2 Å². The van der Waals surface area contributed by atoms with E-state index in [0.717, 1.165) is 35.2 Å². The standard InChI is InChI=1S/C57H62N4O11S2/c1-32-19-43-40(28-52(74(67,68)69)47-25-39-12-8-10-14-46(39)61(47)56(43)66)27-49(32)71-30-35-21-36(23-41(22-35)59-54(64)33(2)20-48(62)34(3)58-53(63)17-18-57(4,5)73)31-72-51-26-37-15-16-42-24-38-11-7-9-13-45(38)60(42)55(65)44(37)29-50(51)70-6/h7-14,19,21-23,26-27,29,33-34,42,47,52,73H,15-18,20,24-25,28,30-31H2,1-6H3,(H,58,63)(H,59,64)(H,67,68,69)/t33-,34+,42-,47+,52?/m1/s1. The van der Waals surface area contributed by atoms with Crippen molar-refractivity contribution in [2.75, 3.05) is 22.2 Å². The van der Waals surface area contributed by atoms with Crippen LogP contribution in [0, 0.1) is 12.8 Å². The molecule has 0 radical (unpaired) electrons. The Morgan fingerprint density at radius 2 is 1.39 bits per heavy atom. The molecule has 3 N–H and O–H groups in total. The van der Waals surface area contributed by atoms with Gasteiger partial charge in [-0.3, -0.25) is 28.5 Å². The number of ketones is 1. The van der Waals surface area contributed by atoms with Crippen molar-refractivity contribution in [2.45, 2.75) is 127 Å². The monoisotopic (exact) mass is 1040 g/mol. The molecule has 388 valence electrons. The van der Waals surface area contributed by atoms with E-state index >= 15 is 0 Å². The number of rotatable bonds is 17. The molecule has 4 aliphatic rings. The second-order valence-corrected chi connectivity index (χ2v) is 23.6. The molecule has 15 nitrogen and oxygen atoms in total. The summed E-state index contributed by atoms with van der Waals surface area (Å²) in [5.74, 6) is -1.03. The smallest absolute Gasteiger partial charge is 0.270 e. The van der Waals surface area contributed by atoms with E-state index in [9.17, 15) is 36.9 Å². The minimum atomic E-state index is -4.61. The number of aryl methyl sites for hydroxylation is 2. The fraction of sp³-hybridized carbons (Fsp3) is 0.386. The number of hydrogen-bond acceptors (Lipinski definition) is 11. The quantitative estimate of drug-likeness (QED) is 0.0514. The number of Topliss-reactive ketones (excluding diaryl/α,β-unsaturated/α-hetero) is 1. The lowest BCUT2D eigenvalue weighted by molar-refractivity contribution is -0.129. The molecule has 0 aliphatic carbocycles. The summed E-state index contributed by atoms with van der Waals surface area (Å²) >= 11 is 4.48. The molecule has 5 aromatic carbocycles. The number of para-hydroxylation sites is 2. The molecule has 1 unspecified atom stereocenters. The maximum absolute atomic E-state index is 14.3. The molecule has 9 rings (SSSR count). The number of hydrogen-bond donors (Lipinski definition) is 4. The van der Waals surface area contributed by atoms with Crippen LogP contribution in [0.25, 0.3) is 0 Å². The Morgan fingerprint density at radius 3 is 2.05 bits per heavy atom. The molecule has 4 aliphatic heterocycles. The van der Waals surface area contributed by atoms with Crippen LogP contribution in [0.15, 0.2) is 91.0 Å². The largest absolute Gasteiger partial charge is 0.493 e. The zero-order chi connectivity index (χ0) is 52.8. The molecule has 0 aromatic heterocycles. The van der Waals surface area contributed by atoms with Crippen molar-refractivity contribution in [3.63, 3.8) is 0 Å². The summed E-state index contributed by atoms with van der Waals surface area (Å²) in [7, 11) is -3.09. The van der Waals surface area contributed by atoms with E-state index in [-0.39, 0.29) is 73.2 Å². The summed E-state index contributed by atoms with van der Waals surface area (Å²) in [5, 5.41) is 4.42. The third-order valence-corrected chi connectivity index (χ3v) is 16.1. The third kappa shape index (κ3) is 11.1. The summed E-state index contributed by atoms with van der Waals surface area (Å²) < 4.78 is 54.9. The molecule has 74 heavy (non-hydrogen) atoms. The Kier molecular flexibility index (Phi) is 14.7. The van der Waals surface area contributed by atoms with E-state index in [4.69, 9.17) is 14.2 Å². The first-order chi connectivity index (χ1) is 35.1. The molecule has 0 fully saturated rings. The molecule has 0 bridgehead atoms. The molecule has 5 aromatic rings. The lowest BCUT2D eigenvalue weighted by Gasteiger charge is -2.27. The maximum Gasteiger partial charge on any atom is 0.270 e. The summed E-state index contributed by atoms with van der Waals surface area (Å²) in [4.78, 5) is 71.5. The van der Waals surface area contributed by atoms with Gasteiger partial charge in [-0.15, -0.1) is 0 Å². The van der Waals surface area contributed by atoms with Gasteiger partial charge >= 0.3 is 0 Å². The highest BCUT2D eigenvalue weighted by molar-refractivity contribution is 7.86. The number of methoxy groups -OCH3 is 1. The molecular weight excluding hydrogens is 981 g/mol. The van der Waals surface area contributed by atoms with E-state index in [1.165, 1.54) is 12.0 Å². The number of benzene rings is 5. The zero-order valence-electron chi connectivity index (χ0n) is 42.4. The van der Waals surface area contributed by atoms with Crippen LogP contribution in [0.3, 0.4) is 0 Å². The highest BCUT2D eigenvalue weighted by Crippen LogP contribution is 2.43. The van der Waals surface area contributed by atoms with E-state index in [0.29, 0.717) is 74.8 Å². The number of thiol groups is 1. The van der Waals surface area contributed by atoms with E-state index in [1.54, 1.807) is 63.2 Å². The van der Waals surface area contributed by atoms with E-state index in [2.05, 4.69) is 29.3 Å². The van der Waals surface area contributed by atoms with Gasteiger partial charge < -0.3 is 34.6 Å². The van der Waals surface area contributed by atoms with Crippen molar-refractivity contribution in [3.05, 3.63) is 141 Å². The predicted octanol–water partition coefficient (Wildman–Crippen LogP) is 8.59. The molecule has 0 spiro atoms. The van der Waals surface area contributed by atoms with Crippen LogP contribution in [0.4, 0.5) is 17.1 Å². The molecule has 5 atom stereocenters. The first kappa shape index (κ1) is 52.2. The first-order valence-electron chi connectivity index (χ1n) is 25.0. The number of carbonyl (C=O) groups is 5. The summed E-state index contributed by atoms with van der Waals surface area (Å²) in [6.07, 6.45) is 2.96. The van der Waals surface area contributed by atoms with Crippen molar-refractivity contribution in [2.24, 2.45) is 5.92 Å². The number of nitrogens with zero attached hydrogens (tertiary/aromatic N) is 2. The van der Waals surface area contributed by atoms with Gasteiger partial charge in [0, 0.05) is 57.7 Å². The topological polar surface area (TPSA) is 198 Å². The zero-order valence-corrected chi connectivity index (χ0v) is 44.1. The molecule has 0 saturated carbocycles. The van der Waals surface area contributed by atoms with Crippen LogP contribution in [0.1, 0.15) is 113 Å². The van der Waals surface area contributed by atoms with Gasteiger partial charge in [0.25, 0.3) is 21.9 Å². The fourth-order valence-corrected chi connectivity index (χ4v) is 11.8. The Labute approximate surface area is 437 Å². The average molecular weight is 1040 g/mol. The average Bonchev–Trinajstić information content (AvgIpc) is 3.86. The lowest BCUT2D eigenvalue weighted by Crippen LogP contribution is -2.47. The lowest BCUT2D eigenvalue weighted by atomic mass is 9.97. The van der Waals surface area contributed by atoms with E-state index < -0.39 is 39.3 Å². The molecule has 4 heterocycles. The number of carbonyl (C=O) groups excluding carboxylic acids is 5. The van der Waals surface area contributed by atoms with Crippen molar-refractivity contribution < 1.29 is 51.2 Å². The molecule has 0 saturated heterocycles. The maximum atomic E-state index is 14.3. The van der Waals surface area contributed by atoms with Crippen LogP contribution >= 0.6 is 12.6 Å². The SMILES string of the molecule is COc1cc2c(cc1OCc1cc(COc3cc4c(cc3C)C(=O)N3c5ccccc5C[C@H]3C(S(=O)(=O)O)C4)cc(NC(=O)[C@H](C)CC(=O)[C@H](C)NC(=O)CCC(C)(C)S)c1)CC[C@@H]1Cc3ccccc3N1C2=O. The van der Waals surface area contributed by atoms with Crippen molar-refractivity contribution in [1.29, 1.82) is 0 Å². The van der Waals surface area contributed by atoms with Crippen LogP contribution in [0.5, 0.6) is 17.2 Å². The molecular formula is C57H62N4O11S2. The fourth-order valence-electron chi connectivity index (χ4n) is 10.7. The van der Waals surface area contributed by atoms with Gasteiger partial charge in [-0.2, -0.15) is 21.0 Å². The van der Waals surface area contributed by atoms with Crippen LogP contribution in [-0.2, 0) is 63.4 Å². The number of anilines is 3. The first-order valence-corrected chi connectivity index (χ1v) is 27.0. The van der Waals surface area contributed by atoms with Crippen molar-refractivity contribution in [1.82, 2.24) is 5.32 Å². The van der Waals surface area contributed by atoms with Crippen molar-refractivity contribution >= 4 is 69.2 Å². The van der Waals surface area contributed by atoms with Crippen LogP contribution < -0.4 is 34.6 Å². The van der Waals surface area contributed by atoms with Crippen molar-refractivity contribution in [3.8, 4) is 17.2 Å². The highest BCUT2D eigenvalue weighted by atomic mass is 32.2. The Morgan fingerprint density at radius 1 is 0.784 bits per heavy atom. The summed E-state index contributed by atoms with van der Waals surface area (Å²) in [6, 6.07) is 26.0. The second-order valence-electron chi connectivity index (χ2n) is 20.7. The number of nitrogens with one attached hydrogen (secondary N) is 2. The minimum absolute atomic E-state index is 0.00931. The normalized spacial score (nSPS) is 18.6. The van der Waals surface area contributed by atoms with Gasteiger partial charge in [-0.25, -0.2) is 0 Å². The third-order valence-electron chi connectivity index (χ3n) is 14.6. The predicted molar refractivity (Wildman–Crippen MR) is 285 cm³/mol. The Hall–Kier alpha value is -6.69. The molecule has 4 amide bonds. The van der Waals surface area contributed by atoms with Gasteiger partial charge in [0.15, 0.2) is 17.3 Å². The minimum Gasteiger partial charge on any atom is -0.493 e. The Balaban J connectivity index is 0.966. The number of fused-ring (bicyclic) bond motifs is 8. The van der Waals surface area contributed by atoms with Crippen LogP contribution in [-0.4, -0.2) is 77.6 Å². The second kappa shape index (κ2) is 20.9. The van der Waals surface area contributed by atoms with Gasteiger partial charge in [-0.05, 0) is 146 Å². The number of ether oxygens (including phenoxy) is 3.